The van der Waals surface area contributed by atoms with Crippen molar-refractivity contribution in [3.05, 3.63) is 0 Å². The first-order chi connectivity index (χ1) is 9.80. The first-order valence-corrected chi connectivity index (χ1v) is 7.23. The Bertz CT molecular complexity index is 403. The van der Waals surface area contributed by atoms with E-state index in [1.807, 2.05) is 0 Å². The maximum atomic E-state index is 11.9. The molecule has 0 aromatic carbocycles. The SMILES string of the molecule is CNC(=O)CN(C)C(=O)NCC1(C(=O)O)CCC(C)CC1. The van der Waals surface area contributed by atoms with E-state index in [1.165, 1.54) is 19.0 Å². The molecular formula is C14H25N3O4. The molecular weight excluding hydrogens is 274 g/mol. The quantitative estimate of drug-likeness (QED) is 0.694. The van der Waals surface area contributed by atoms with Gasteiger partial charge in [0.25, 0.3) is 0 Å². The minimum Gasteiger partial charge on any atom is -0.481 e. The normalized spacial score (nSPS) is 25.0. The van der Waals surface area contributed by atoms with Crippen LogP contribution in [0.2, 0.25) is 0 Å². The molecule has 0 aromatic rings. The van der Waals surface area contributed by atoms with Crippen LogP contribution in [0.15, 0.2) is 0 Å². The second-order valence-electron chi connectivity index (χ2n) is 5.96. The van der Waals surface area contributed by atoms with Crippen molar-refractivity contribution in [1.29, 1.82) is 0 Å². The Kier molecular flexibility index (Phi) is 5.99. The second kappa shape index (κ2) is 7.28. The van der Waals surface area contributed by atoms with Crippen LogP contribution in [0.4, 0.5) is 4.79 Å². The molecule has 0 unspecified atom stereocenters. The summed E-state index contributed by atoms with van der Waals surface area (Å²) in [5.74, 6) is -0.597. The molecule has 1 rings (SSSR count). The van der Waals surface area contributed by atoms with Gasteiger partial charge in [-0.3, -0.25) is 9.59 Å². The van der Waals surface area contributed by atoms with Crippen molar-refractivity contribution in [3.8, 4) is 0 Å². The Morgan fingerprint density at radius 1 is 1.29 bits per heavy atom. The number of amides is 3. The monoisotopic (exact) mass is 299 g/mol. The second-order valence-corrected chi connectivity index (χ2v) is 5.96. The number of carbonyl (C=O) groups is 3. The summed E-state index contributed by atoms with van der Waals surface area (Å²) in [7, 11) is 3.00. The first-order valence-electron chi connectivity index (χ1n) is 7.23. The summed E-state index contributed by atoms with van der Waals surface area (Å²) >= 11 is 0. The van der Waals surface area contributed by atoms with E-state index in [4.69, 9.17) is 0 Å². The molecule has 0 atom stereocenters. The standard InChI is InChI=1S/C14H25N3O4/c1-10-4-6-14(7-5-10,12(19)20)9-16-13(21)17(3)8-11(18)15-2/h10H,4-9H2,1-3H3,(H,15,18)(H,16,21)(H,19,20). The van der Waals surface area contributed by atoms with Gasteiger partial charge in [-0.1, -0.05) is 6.92 Å². The molecule has 0 spiro atoms. The highest BCUT2D eigenvalue weighted by atomic mass is 16.4. The predicted molar refractivity (Wildman–Crippen MR) is 77.8 cm³/mol. The molecule has 7 heteroatoms. The summed E-state index contributed by atoms with van der Waals surface area (Å²) in [4.78, 5) is 35.9. The van der Waals surface area contributed by atoms with Crippen LogP contribution in [0.5, 0.6) is 0 Å². The summed E-state index contributed by atoms with van der Waals surface area (Å²) in [5.41, 5.74) is -0.879. The number of rotatable bonds is 5. The van der Waals surface area contributed by atoms with E-state index in [2.05, 4.69) is 17.6 Å². The Morgan fingerprint density at radius 3 is 2.33 bits per heavy atom. The highest BCUT2D eigenvalue weighted by molar-refractivity contribution is 5.84. The third kappa shape index (κ3) is 4.61. The van der Waals surface area contributed by atoms with Crippen molar-refractivity contribution in [2.24, 2.45) is 11.3 Å². The fourth-order valence-electron chi connectivity index (χ4n) is 2.53. The minimum atomic E-state index is -0.879. The third-order valence-corrected chi connectivity index (χ3v) is 4.27. The third-order valence-electron chi connectivity index (χ3n) is 4.27. The molecule has 7 nitrogen and oxygen atoms in total. The topological polar surface area (TPSA) is 98.7 Å². The number of aliphatic carboxylic acids is 1. The molecule has 1 fully saturated rings. The van der Waals surface area contributed by atoms with E-state index in [9.17, 15) is 19.5 Å². The van der Waals surface area contributed by atoms with Crippen LogP contribution in [0, 0.1) is 11.3 Å². The van der Waals surface area contributed by atoms with Crippen LogP contribution >= 0.6 is 0 Å². The molecule has 0 radical (unpaired) electrons. The van der Waals surface area contributed by atoms with Crippen LogP contribution in [0.3, 0.4) is 0 Å². The number of hydrogen-bond acceptors (Lipinski definition) is 3. The number of carboxylic acid groups (broad SMARTS) is 1. The number of nitrogens with one attached hydrogen (secondary N) is 2. The lowest BCUT2D eigenvalue weighted by Crippen LogP contribution is -2.49. The number of urea groups is 1. The van der Waals surface area contributed by atoms with Crippen molar-refractivity contribution in [1.82, 2.24) is 15.5 Å². The molecule has 120 valence electrons. The van der Waals surface area contributed by atoms with Gasteiger partial charge in [0.2, 0.25) is 5.91 Å². The highest BCUT2D eigenvalue weighted by Gasteiger charge is 2.41. The van der Waals surface area contributed by atoms with Crippen molar-refractivity contribution in [2.45, 2.75) is 32.6 Å². The van der Waals surface area contributed by atoms with E-state index in [0.717, 1.165) is 12.8 Å². The van der Waals surface area contributed by atoms with Crippen LogP contribution in [0.1, 0.15) is 32.6 Å². The number of nitrogens with zero attached hydrogens (tertiary/aromatic N) is 1. The average Bonchev–Trinajstić information content (AvgIpc) is 2.46. The van der Waals surface area contributed by atoms with Crippen LogP contribution in [-0.4, -0.2) is 55.1 Å². The predicted octanol–water partition coefficient (Wildman–Crippen LogP) is 0.655. The zero-order valence-electron chi connectivity index (χ0n) is 12.9. The molecule has 1 aliphatic rings. The summed E-state index contributed by atoms with van der Waals surface area (Å²) in [6, 6.07) is -0.433. The number of hydrogen-bond donors (Lipinski definition) is 3. The fraction of sp³-hybridized carbons (Fsp3) is 0.786. The van der Waals surface area contributed by atoms with Gasteiger partial charge in [-0.2, -0.15) is 0 Å². The lowest BCUT2D eigenvalue weighted by atomic mass is 9.71. The molecule has 3 amide bonds. The van der Waals surface area contributed by atoms with Gasteiger partial charge in [0.05, 0.1) is 5.41 Å². The number of carboxylic acids is 1. The number of carbonyl (C=O) groups excluding carboxylic acids is 2. The fourth-order valence-corrected chi connectivity index (χ4v) is 2.53. The molecule has 1 saturated carbocycles. The Morgan fingerprint density at radius 2 is 1.86 bits per heavy atom. The Balaban J connectivity index is 2.56. The van der Waals surface area contributed by atoms with Gasteiger partial charge >= 0.3 is 12.0 Å². The molecule has 0 bridgehead atoms. The van der Waals surface area contributed by atoms with Gasteiger partial charge < -0.3 is 20.6 Å². The van der Waals surface area contributed by atoms with Gasteiger partial charge in [-0.15, -0.1) is 0 Å². The summed E-state index contributed by atoms with van der Waals surface area (Å²) in [6.45, 7) is 2.16. The van der Waals surface area contributed by atoms with Gasteiger partial charge in [0, 0.05) is 20.6 Å². The molecule has 1 aliphatic carbocycles. The molecule has 3 N–H and O–H groups in total. The van der Waals surface area contributed by atoms with E-state index >= 15 is 0 Å². The lowest BCUT2D eigenvalue weighted by Gasteiger charge is -2.36. The van der Waals surface area contributed by atoms with Gasteiger partial charge in [-0.05, 0) is 31.6 Å². The van der Waals surface area contributed by atoms with Gasteiger partial charge in [0.15, 0.2) is 0 Å². The molecule has 21 heavy (non-hydrogen) atoms. The van der Waals surface area contributed by atoms with E-state index in [1.54, 1.807) is 0 Å². The maximum absolute atomic E-state index is 11.9. The summed E-state index contributed by atoms with van der Waals surface area (Å²) in [5, 5.41) is 14.6. The van der Waals surface area contributed by atoms with Crippen molar-refractivity contribution in [3.63, 3.8) is 0 Å². The smallest absolute Gasteiger partial charge is 0.317 e. The zero-order valence-corrected chi connectivity index (χ0v) is 12.9. The van der Waals surface area contributed by atoms with E-state index in [0.29, 0.717) is 18.8 Å². The Labute approximate surface area is 125 Å². The van der Waals surface area contributed by atoms with Crippen LogP contribution < -0.4 is 10.6 Å². The van der Waals surface area contributed by atoms with Crippen LogP contribution in [0.25, 0.3) is 0 Å². The molecule has 0 saturated heterocycles. The lowest BCUT2D eigenvalue weighted by molar-refractivity contribution is -0.151. The van der Waals surface area contributed by atoms with E-state index in [-0.39, 0.29) is 19.0 Å². The zero-order chi connectivity index (χ0) is 16.0. The molecule has 0 heterocycles. The number of likely N-dealkylation sites (N-methyl/N-ethyl adjacent to an activating group) is 2. The highest BCUT2D eigenvalue weighted by Crippen LogP contribution is 2.38. The van der Waals surface area contributed by atoms with Gasteiger partial charge in [0.1, 0.15) is 6.54 Å². The van der Waals surface area contributed by atoms with Crippen LogP contribution in [-0.2, 0) is 9.59 Å². The van der Waals surface area contributed by atoms with Crippen molar-refractivity contribution >= 4 is 17.9 Å². The summed E-state index contributed by atoms with van der Waals surface area (Å²) < 4.78 is 0. The minimum absolute atomic E-state index is 0.0561. The Hall–Kier alpha value is -1.79. The first kappa shape index (κ1) is 17.3. The summed E-state index contributed by atoms with van der Waals surface area (Å²) in [6.07, 6.45) is 2.86. The van der Waals surface area contributed by atoms with Crippen molar-refractivity contribution in [2.75, 3.05) is 27.2 Å². The molecule has 0 aromatic heterocycles. The molecule has 0 aliphatic heterocycles. The average molecular weight is 299 g/mol. The van der Waals surface area contributed by atoms with Gasteiger partial charge in [-0.25, -0.2) is 4.79 Å². The maximum Gasteiger partial charge on any atom is 0.317 e. The largest absolute Gasteiger partial charge is 0.481 e. The van der Waals surface area contributed by atoms with E-state index < -0.39 is 17.4 Å². The van der Waals surface area contributed by atoms with Crippen molar-refractivity contribution < 1.29 is 19.5 Å².